The molecule has 3 N–H and O–H groups in total. The third kappa shape index (κ3) is 5.69. The van der Waals surface area contributed by atoms with E-state index in [-0.39, 0.29) is 49.0 Å². The zero-order valence-electron chi connectivity index (χ0n) is 20.5. The van der Waals surface area contributed by atoms with Crippen LogP contribution in [-0.4, -0.2) is 48.8 Å². The van der Waals surface area contributed by atoms with Crippen molar-refractivity contribution >= 4 is 67.8 Å². The summed E-state index contributed by atoms with van der Waals surface area (Å²) in [6.07, 6.45) is 2.11. The summed E-state index contributed by atoms with van der Waals surface area (Å²) in [6.45, 7) is 0.712. The van der Waals surface area contributed by atoms with Crippen molar-refractivity contribution in [3.63, 3.8) is 0 Å². The average Bonchev–Trinajstić information content (AvgIpc) is 3.64. The van der Waals surface area contributed by atoms with Crippen molar-refractivity contribution in [3.05, 3.63) is 68.5 Å². The van der Waals surface area contributed by atoms with Crippen molar-refractivity contribution in [1.82, 2.24) is 0 Å². The zero-order chi connectivity index (χ0) is 27.0. The molecule has 200 valence electrons. The van der Waals surface area contributed by atoms with Gasteiger partial charge in [0.1, 0.15) is 10.5 Å². The quantitative estimate of drug-likeness (QED) is 0.279. The molecule has 0 amide bonds. The summed E-state index contributed by atoms with van der Waals surface area (Å²) in [7, 11) is 0. The SMILES string of the molecule is NC(=C(COCC1(F)CCN(c2ccc3cc(C(=O)O)sc3c2)CC1)C(=O)C1CC1)c1c(Cl)cccc1Cl. The van der Waals surface area contributed by atoms with Crippen LogP contribution in [0.25, 0.3) is 15.8 Å². The maximum atomic E-state index is 15.7. The Morgan fingerprint density at radius 3 is 2.45 bits per heavy atom. The summed E-state index contributed by atoms with van der Waals surface area (Å²) < 4.78 is 22.4. The zero-order valence-corrected chi connectivity index (χ0v) is 22.8. The molecule has 1 aromatic heterocycles. The van der Waals surface area contributed by atoms with Crippen LogP contribution in [0.3, 0.4) is 0 Å². The number of carbonyl (C=O) groups is 2. The molecular weight excluding hydrogens is 550 g/mol. The topological polar surface area (TPSA) is 92.9 Å². The number of fused-ring (bicyclic) bond motifs is 1. The van der Waals surface area contributed by atoms with Crippen LogP contribution in [0.4, 0.5) is 10.1 Å². The molecule has 2 aliphatic rings. The number of carboxylic acid groups (broad SMARTS) is 1. The van der Waals surface area contributed by atoms with Crippen molar-refractivity contribution in [2.75, 3.05) is 31.2 Å². The molecule has 10 heteroatoms. The van der Waals surface area contributed by atoms with Gasteiger partial charge in [0, 0.05) is 53.4 Å². The number of aromatic carboxylic acids is 1. The Hall–Kier alpha value is -2.65. The van der Waals surface area contributed by atoms with Gasteiger partial charge >= 0.3 is 5.97 Å². The molecule has 3 aromatic rings. The number of carbonyl (C=O) groups excluding carboxylic acids is 1. The minimum Gasteiger partial charge on any atom is -0.477 e. The fourth-order valence-corrected chi connectivity index (χ4v) is 6.28. The lowest BCUT2D eigenvalue weighted by Crippen LogP contribution is -2.44. The van der Waals surface area contributed by atoms with Gasteiger partial charge in [-0.1, -0.05) is 35.3 Å². The van der Waals surface area contributed by atoms with Crippen LogP contribution in [0.5, 0.6) is 0 Å². The van der Waals surface area contributed by atoms with E-state index in [0.717, 1.165) is 28.6 Å². The predicted octanol–water partition coefficient (Wildman–Crippen LogP) is 6.58. The Morgan fingerprint density at radius 2 is 1.82 bits per heavy atom. The first-order valence-corrected chi connectivity index (χ1v) is 14.0. The largest absolute Gasteiger partial charge is 0.477 e. The summed E-state index contributed by atoms with van der Waals surface area (Å²) in [5.74, 6) is -1.14. The molecular formula is C28H27Cl2FN2O4S. The van der Waals surface area contributed by atoms with Gasteiger partial charge in [0.15, 0.2) is 5.78 Å². The summed E-state index contributed by atoms with van der Waals surface area (Å²) in [4.78, 5) is 26.7. The van der Waals surface area contributed by atoms with Gasteiger partial charge in [0.2, 0.25) is 0 Å². The Labute approximate surface area is 233 Å². The number of hydrogen-bond donors (Lipinski definition) is 2. The van der Waals surface area contributed by atoms with Crippen molar-refractivity contribution in [1.29, 1.82) is 0 Å². The van der Waals surface area contributed by atoms with Crippen molar-refractivity contribution in [3.8, 4) is 0 Å². The first-order valence-electron chi connectivity index (χ1n) is 12.4. The van der Waals surface area contributed by atoms with Crippen molar-refractivity contribution < 1.29 is 23.8 Å². The molecule has 1 saturated carbocycles. The van der Waals surface area contributed by atoms with Crippen LogP contribution in [0.15, 0.2) is 48.0 Å². The highest BCUT2D eigenvalue weighted by Crippen LogP contribution is 2.37. The molecule has 0 spiro atoms. The molecule has 0 bridgehead atoms. The van der Waals surface area contributed by atoms with Crippen LogP contribution in [0, 0.1) is 5.92 Å². The van der Waals surface area contributed by atoms with E-state index in [1.54, 1.807) is 24.3 Å². The van der Waals surface area contributed by atoms with Gasteiger partial charge < -0.3 is 20.5 Å². The maximum Gasteiger partial charge on any atom is 0.345 e. The number of piperidine rings is 1. The minimum absolute atomic E-state index is 0.0942. The number of ketones is 1. The third-order valence-corrected chi connectivity index (χ3v) is 8.86. The number of alkyl halides is 1. The second-order valence-corrected chi connectivity index (χ2v) is 11.8. The van der Waals surface area contributed by atoms with Crippen LogP contribution >= 0.6 is 34.5 Å². The highest BCUT2D eigenvalue weighted by Gasteiger charge is 2.37. The Balaban J connectivity index is 1.24. The number of nitrogens with two attached hydrogens (primary N) is 1. The van der Waals surface area contributed by atoms with E-state index in [2.05, 4.69) is 4.90 Å². The van der Waals surface area contributed by atoms with Crippen LogP contribution in [-0.2, 0) is 9.53 Å². The first kappa shape index (κ1) is 26.9. The fourth-order valence-electron chi connectivity index (χ4n) is 4.75. The third-order valence-electron chi connectivity index (χ3n) is 7.15. The molecule has 5 rings (SSSR count). The minimum atomic E-state index is -1.54. The van der Waals surface area contributed by atoms with Crippen LogP contribution in [0.2, 0.25) is 10.0 Å². The van der Waals surface area contributed by atoms with E-state index in [1.165, 1.54) is 11.3 Å². The number of hydrogen-bond acceptors (Lipinski definition) is 6. The number of anilines is 1. The molecule has 6 nitrogen and oxygen atoms in total. The number of benzene rings is 2. The lowest BCUT2D eigenvalue weighted by atomic mass is 9.93. The predicted molar refractivity (Wildman–Crippen MR) is 150 cm³/mol. The number of Topliss-reactive ketones (excluding diaryl/α,β-unsaturated/α-hetero) is 1. The molecule has 1 aliphatic heterocycles. The lowest BCUT2D eigenvalue weighted by Gasteiger charge is -2.37. The molecule has 1 saturated heterocycles. The summed E-state index contributed by atoms with van der Waals surface area (Å²) >= 11 is 13.9. The second kappa shape index (κ2) is 10.8. The number of carboxylic acids is 1. The Bertz CT molecular complexity index is 1410. The summed E-state index contributed by atoms with van der Waals surface area (Å²) in [5, 5.41) is 10.8. The standard InChI is InChI=1S/C28H27Cl2FN2O4S/c29-20-2-1-3-21(30)24(20)25(32)19(26(34)16-4-5-16)14-37-15-28(31)8-10-33(11-9-28)18-7-6-17-12-23(27(35)36)38-22(17)13-18/h1-3,6-7,12-13,16H,4-5,8-11,14-15,32H2,(H,35,36). The van der Waals surface area contributed by atoms with Gasteiger partial charge in [0.25, 0.3) is 0 Å². The monoisotopic (exact) mass is 576 g/mol. The van der Waals surface area contributed by atoms with E-state index >= 15 is 4.39 Å². The van der Waals surface area contributed by atoms with E-state index in [4.69, 9.17) is 33.7 Å². The Morgan fingerprint density at radius 1 is 1.13 bits per heavy atom. The molecule has 0 unspecified atom stereocenters. The lowest BCUT2D eigenvalue weighted by molar-refractivity contribution is -0.117. The smallest absolute Gasteiger partial charge is 0.345 e. The number of halogens is 3. The molecule has 0 atom stereocenters. The normalized spacial score (nSPS) is 17.9. The van der Waals surface area contributed by atoms with Crippen LogP contribution in [0.1, 0.15) is 40.9 Å². The van der Waals surface area contributed by atoms with Crippen molar-refractivity contribution in [2.24, 2.45) is 11.7 Å². The molecule has 1 aliphatic carbocycles. The fraction of sp³-hybridized carbons (Fsp3) is 0.357. The molecule has 2 fully saturated rings. The highest BCUT2D eigenvalue weighted by atomic mass is 35.5. The van der Waals surface area contributed by atoms with Crippen LogP contribution < -0.4 is 10.6 Å². The van der Waals surface area contributed by atoms with E-state index in [0.29, 0.717) is 33.6 Å². The van der Waals surface area contributed by atoms with Gasteiger partial charge in [-0.05, 0) is 48.6 Å². The van der Waals surface area contributed by atoms with Gasteiger partial charge in [0.05, 0.1) is 29.0 Å². The van der Waals surface area contributed by atoms with Gasteiger partial charge in [-0.3, -0.25) is 4.79 Å². The molecule has 0 radical (unpaired) electrons. The van der Waals surface area contributed by atoms with E-state index in [1.807, 2.05) is 18.2 Å². The average molecular weight is 578 g/mol. The number of rotatable bonds is 9. The number of nitrogens with zero attached hydrogens (tertiary/aromatic N) is 1. The number of ether oxygens (including phenoxy) is 1. The first-order chi connectivity index (χ1) is 18.1. The van der Waals surface area contributed by atoms with E-state index in [9.17, 15) is 14.7 Å². The van der Waals surface area contributed by atoms with Gasteiger partial charge in [-0.15, -0.1) is 11.3 Å². The second-order valence-electron chi connectivity index (χ2n) is 9.90. The van der Waals surface area contributed by atoms with E-state index < -0.39 is 11.6 Å². The highest BCUT2D eigenvalue weighted by molar-refractivity contribution is 7.20. The van der Waals surface area contributed by atoms with Gasteiger partial charge in [-0.2, -0.15) is 0 Å². The molecule has 2 aromatic carbocycles. The maximum absolute atomic E-state index is 15.7. The van der Waals surface area contributed by atoms with Gasteiger partial charge in [-0.25, -0.2) is 9.18 Å². The summed E-state index contributed by atoms with van der Waals surface area (Å²) in [6, 6.07) is 12.5. The van der Waals surface area contributed by atoms with Crippen molar-refractivity contribution in [2.45, 2.75) is 31.4 Å². The Kier molecular flexibility index (Phi) is 7.69. The summed E-state index contributed by atoms with van der Waals surface area (Å²) in [5.41, 5.74) is 6.63. The molecule has 38 heavy (non-hydrogen) atoms. The number of thiophene rings is 1. The molecule has 2 heterocycles.